The van der Waals surface area contributed by atoms with Gasteiger partial charge in [0.2, 0.25) is 0 Å². The monoisotopic (exact) mass is 407 g/mol. The summed E-state index contributed by atoms with van der Waals surface area (Å²) < 4.78 is 70.3. The molecule has 2 rings (SSSR count). The van der Waals surface area contributed by atoms with E-state index in [4.69, 9.17) is 4.74 Å². The van der Waals surface area contributed by atoms with Gasteiger partial charge in [0.05, 0.1) is 6.54 Å². The van der Waals surface area contributed by atoms with Crippen LogP contribution in [-0.2, 0) is 15.3 Å². The zero-order valence-corrected chi connectivity index (χ0v) is 14.4. The van der Waals surface area contributed by atoms with Crippen molar-refractivity contribution in [2.75, 3.05) is 13.2 Å². The standard InChI is InChI=1S/C16H14F4NO5P/c17-11-5-10(6-12(18)7-11)16(19,20)9-21-15(22)8-26-13-3-1-2-4-14(13)27(23,24)25/h1-7H,8-9H2,(H,21,22)(H2,23,24,25). The highest BCUT2D eigenvalue weighted by Crippen LogP contribution is 2.37. The number of carbonyl (C=O) groups is 1. The largest absolute Gasteiger partial charge is 0.483 e. The first-order chi connectivity index (χ1) is 12.5. The Kier molecular flexibility index (Phi) is 6.25. The predicted molar refractivity (Wildman–Crippen MR) is 86.9 cm³/mol. The number of para-hydroxylation sites is 1. The second-order valence-corrected chi connectivity index (χ2v) is 7.01. The summed E-state index contributed by atoms with van der Waals surface area (Å²) in [5.74, 6) is -7.42. The third kappa shape index (κ3) is 5.78. The van der Waals surface area contributed by atoms with Crippen LogP contribution >= 0.6 is 7.60 Å². The van der Waals surface area contributed by atoms with Crippen molar-refractivity contribution >= 4 is 18.8 Å². The van der Waals surface area contributed by atoms with Crippen molar-refractivity contribution < 1.29 is 41.4 Å². The van der Waals surface area contributed by atoms with Crippen LogP contribution in [0.25, 0.3) is 0 Å². The Balaban J connectivity index is 1.98. The molecule has 0 spiro atoms. The van der Waals surface area contributed by atoms with Crippen LogP contribution in [0.15, 0.2) is 42.5 Å². The van der Waals surface area contributed by atoms with Gasteiger partial charge in [-0.2, -0.15) is 8.78 Å². The van der Waals surface area contributed by atoms with E-state index in [0.717, 1.165) is 6.07 Å². The number of benzene rings is 2. The van der Waals surface area contributed by atoms with Crippen molar-refractivity contribution in [2.24, 2.45) is 0 Å². The van der Waals surface area contributed by atoms with Crippen LogP contribution in [0.5, 0.6) is 5.75 Å². The van der Waals surface area contributed by atoms with Crippen LogP contribution in [-0.4, -0.2) is 28.8 Å². The lowest BCUT2D eigenvalue weighted by Gasteiger charge is -2.18. The molecule has 3 N–H and O–H groups in total. The summed E-state index contributed by atoms with van der Waals surface area (Å²) >= 11 is 0. The molecule has 11 heteroatoms. The maximum Gasteiger partial charge on any atom is 0.359 e. The first-order valence-corrected chi connectivity index (χ1v) is 8.99. The summed E-state index contributed by atoms with van der Waals surface area (Å²) in [5.41, 5.74) is -0.951. The highest BCUT2D eigenvalue weighted by Gasteiger charge is 2.33. The fraction of sp³-hybridized carbons (Fsp3) is 0.188. The number of nitrogens with one attached hydrogen (secondary N) is 1. The average molecular weight is 407 g/mol. The van der Waals surface area contributed by atoms with Gasteiger partial charge < -0.3 is 19.8 Å². The normalized spacial score (nSPS) is 11.9. The highest BCUT2D eigenvalue weighted by molar-refractivity contribution is 7.60. The van der Waals surface area contributed by atoms with Gasteiger partial charge in [-0.1, -0.05) is 12.1 Å². The molecule has 0 aliphatic rings. The van der Waals surface area contributed by atoms with E-state index < -0.39 is 55.1 Å². The molecule has 2 aromatic carbocycles. The van der Waals surface area contributed by atoms with E-state index in [1.54, 1.807) is 0 Å². The summed E-state index contributed by atoms with van der Waals surface area (Å²) in [6.07, 6.45) is 0. The fourth-order valence-electron chi connectivity index (χ4n) is 2.09. The van der Waals surface area contributed by atoms with E-state index in [1.165, 1.54) is 18.2 Å². The molecule has 0 fully saturated rings. The number of hydrogen-bond acceptors (Lipinski definition) is 3. The van der Waals surface area contributed by atoms with Gasteiger partial charge in [0.15, 0.2) is 6.61 Å². The zero-order chi connectivity index (χ0) is 20.2. The lowest BCUT2D eigenvalue weighted by Crippen LogP contribution is -2.37. The highest BCUT2D eigenvalue weighted by atomic mass is 31.2. The van der Waals surface area contributed by atoms with Gasteiger partial charge in [0, 0.05) is 11.6 Å². The SMILES string of the molecule is O=C(COc1ccccc1P(=O)(O)O)NCC(F)(F)c1cc(F)cc(F)c1. The number of rotatable bonds is 7. The molecule has 1 amide bonds. The molecule has 27 heavy (non-hydrogen) atoms. The average Bonchev–Trinajstić information content (AvgIpc) is 2.57. The molecule has 6 nitrogen and oxygen atoms in total. The van der Waals surface area contributed by atoms with Crippen LogP contribution in [0, 0.1) is 11.6 Å². The van der Waals surface area contributed by atoms with Gasteiger partial charge >= 0.3 is 7.60 Å². The molecule has 146 valence electrons. The lowest BCUT2D eigenvalue weighted by atomic mass is 10.1. The number of alkyl halides is 2. The molecular formula is C16H14F4NO5P. The third-order valence-electron chi connectivity index (χ3n) is 3.33. The molecule has 0 atom stereocenters. The first kappa shape index (κ1) is 20.9. The molecule has 0 saturated heterocycles. The Labute approximate surface area is 150 Å². The minimum atomic E-state index is -4.65. The predicted octanol–water partition coefficient (Wildman–Crippen LogP) is 2.05. The summed E-state index contributed by atoms with van der Waals surface area (Å²) in [6, 6.07) is 6.38. The number of ether oxygens (including phenoxy) is 1. The minimum absolute atomic E-state index is 0.278. The maximum atomic E-state index is 14.0. The number of carbonyl (C=O) groups excluding carboxylic acids is 1. The quantitative estimate of drug-likeness (QED) is 0.483. The molecule has 0 aromatic heterocycles. The third-order valence-corrected chi connectivity index (χ3v) is 4.33. The molecular weight excluding hydrogens is 393 g/mol. The van der Waals surface area contributed by atoms with E-state index in [9.17, 15) is 36.7 Å². The van der Waals surface area contributed by atoms with Gasteiger partial charge in [0.1, 0.15) is 22.7 Å². The van der Waals surface area contributed by atoms with Crippen molar-refractivity contribution in [1.82, 2.24) is 5.32 Å². The van der Waals surface area contributed by atoms with Gasteiger partial charge in [-0.25, -0.2) is 8.78 Å². The molecule has 0 aliphatic heterocycles. The van der Waals surface area contributed by atoms with Crippen LogP contribution in [0.4, 0.5) is 17.6 Å². The Hall–Kier alpha value is -2.42. The second-order valence-electron chi connectivity index (χ2n) is 5.44. The molecule has 0 saturated carbocycles. The van der Waals surface area contributed by atoms with Crippen molar-refractivity contribution in [2.45, 2.75) is 5.92 Å². The Bertz CT molecular complexity index is 867. The van der Waals surface area contributed by atoms with Crippen molar-refractivity contribution in [3.63, 3.8) is 0 Å². The number of amides is 1. The summed E-state index contributed by atoms with van der Waals surface area (Å²) in [4.78, 5) is 30.0. The van der Waals surface area contributed by atoms with E-state index in [2.05, 4.69) is 0 Å². The second kappa shape index (κ2) is 8.08. The van der Waals surface area contributed by atoms with Crippen LogP contribution < -0.4 is 15.4 Å². The van der Waals surface area contributed by atoms with Crippen molar-refractivity contribution in [1.29, 1.82) is 0 Å². The Morgan fingerprint density at radius 3 is 2.30 bits per heavy atom. The Morgan fingerprint density at radius 1 is 1.11 bits per heavy atom. The first-order valence-electron chi connectivity index (χ1n) is 7.38. The number of hydrogen-bond donors (Lipinski definition) is 3. The summed E-state index contributed by atoms with van der Waals surface area (Å²) in [7, 11) is -4.65. The topological polar surface area (TPSA) is 95.9 Å². The molecule has 2 aromatic rings. The van der Waals surface area contributed by atoms with Crippen molar-refractivity contribution in [3.8, 4) is 5.75 Å². The van der Waals surface area contributed by atoms with E-state index in [0.29, 0.717) is 18.2 Å². The van der Waals surface area contributed by atoms with Crippen LogP contribution in [0.3, 0.4) is 0 Å². The van der Waals surface area contributed by atoms with E-state index >= 15 is 0 Å². The van der Waals surface area contributed by atoms with Gasteiger partial charge in [-0.15, -0.1) is 0 Å². The zero-order valence-electron chi connectivity index (χ0n) is 13.5. The molecule has 0 unspecified atom stereocenters. The van der Waals surface area contributed by atoms with Gasteiger partial charge in [-0.3, -0.25) is 9.36 Å². The summed E-state index contributed by atoms with van der Waals surface area (Å²) in [5, 5.41) is 1.38. The molecule has 0 bridgehead atoms. The van der Waals surface area contributed by atoms with Gasteiger partial charge in [-0.05, 0) is 24.3 Å². The minimum Gasteiger partial charge on any atom is -0.483 e. The van der Waals surface area contributed by atoms with Crippen LogP contribution in [0.1, 0.15) is 5.56 Å². The maximum absolute atomic E-state index is 14.0. The van der Waals surface area contributed by atoms with E-state index in [-0.39, 0.29) is 5.75 Å². The summed E-state index contributed by atoms with van der Waals surface area (Å²) in [6.45, 7) is -2.05. The smallest absolute Gasteiger partial charge is 0.359 e. The molecule has 0 aliphatic carbocycles. The van der Waals surface area contributed by atoms with E-state index in [1.807, 2.05) is 5.32 Å². The Morgan fingerprint density at radius 2 is 1.70 bits per heavy atom. The number of halogens is 4. The van der Waals surface area contributed by atoms with Crippen molar-refractivity contribution in [3.05, 3.63) is 59.7 Å². The molecule has 0 heterocycles. The fourth-order valence-corrected chi connectivity index (χ4v) is 2.80. The molecule has 0 radical (unpaired) electrons. The lowest BCUT2D eigenvalue weighted by molar-refractivity contribution is -0.125. The van der Waals surface area contributed by atoms with Crippen LogP contribution in [0.2, 0.25) is 0 Å². The van der Waals surface area contributed by atoms with Gasteiger partial charge in [0.25, 0.3) is 11.8 Å².